The average Bonchev–Trinajstić information content (AvgIpc) is 3.02. The van der Waals surface area contributed by atoms with Crippen LogP contribution in [0.15, 0.2) is 41.0 Å². The maximum atomic E-state index is 11.7. The molecule has 0 saturated heterocycles. The molecule has 1 aromatic heterocycles. The first kappa shape index (κ1) is 19.5. The zero-order chi connectivity index (χ0) is 15.8. The van der Waals surface area contributed by atoms with Crippen LogP contribution in [0, 0.1) is 0 Å². The Morgan fingerprint density at radius 2 is 2.09 bits per heavy atom. The minimum absolute atomic E-state index is 0. The number of nitrogens with one attached hydrogen (secondary N) is 2. The molecule has 2 N–H and O–H groups in total. The number of thioether (sulfide) groups is 1. The maximum absolute atomic E-state index is 11.7. The number of likely N-dealkylation sites (N-methyl/N-ethyl adjacent to an activating group) is 1. The molecule has 1 aromatic carbocycles. The minimum atomic E-state index is 0. The van der Waals surface area contributed by atoms with E-state index < -0.39 is 0 Å². The Balaban J connectivity index is 0.00000264. The van der Waals surface area contributed by atoms with Gasteiger partial charge < -0.3 is 15.1 Å². The highest BCUT2D eigenvalue weighted by Crippen LogP contribution is 2.20. The molecule has 5 nitrogen and oxygen atoms in total. The zero-order valence-electron chi connectivity index (χ0n) is 13.2. The summed E-state index contributed by atoms with van der Waals surface area (Å²) in [6.07, 6.45) is 1.65. The first-order chi connectivity index (χ1) is 10.7. The van der Waals surface area contributed by atoms with Crippen LogP contribution in [0.1, 0.15) is 12.6 Å². The number of carbonyl (C=O) groups is 1. The Bertz CT molecular complexity index is 592. The molecule has 0 spiro atoms. The molecule has 0 bridgehead atoms. The fraction of sp³-hybridized carbons (Fsp3) is 0.375. The molecule has 1 heterocycles. The van der Waals surface area contributed by atoms with Crippen LogP contribution in [0.2, 0.25) is 0 Å². The molecule has 0 fully saturated rings. The maximum Gasteiger partial charge on any atom is 0.230 e. The number of nitrogens with zero attached hydrogens (tertiary/aromatic N) is 1. The van der Waals surface area contributed by atoms with E-state index in [9.17, 15) is 4.79 Å². The van der Waals surface area contributed by atoms with Crippen molar-refractivity contribution in [3.05, 3.63) is 42.3 Å². The fourth-order valence-electron chi connectivity index (χ4n) is 1.75. The number of rotatable bonds is 8. The summed E-state index contributed by atoms with van der Waals surface area (Å²) in [7, 11) is 1.88. The highest BCUT2D eigenvalue weighted by atomic mass is 35.5. The van der Waals surface area contributed by atoms with Crippen molar-refractivity contribution in [2.45, 2.75) is 18.7 Å². The lowest BCUT2D eigenvalue weighted by molar-refractivity contribution is -0.118. The number of amides is 1. The molecule has 23 heavy (non-hydrogen) atoms. The third-order valence-corrected chi connectivity index (χ3v) is 4.12. The van der Waals surface area contributed by atoms with Gasteiger partial charge in [-0.15, -0.1) is 24.2 Å². The Hall–Kier alpha value is -1.50. The van der Waals surface area contributed by atoms with Crippen LogP contribution in [-0.4, -0.2) is 36.3 Å². The van der Waals surface area contributed by atoms with E-state index in [2.05, 4.69) is 15.6 Å². The van der Waals surface area contributed by atoms with Gasteiger partial charge >= 0.3 is 0 Å². The second kappa shape index (κ2) is 10.3. The Kier molecular flexibility index (Phi) is 8.76. The molecule has 2 rings (SSSR count). The second-order valence-electron chi connectivity index (χ2n) is 5.00. The van der Waals surface area contributed by atoms with E-state index >= 15 is 0 Å². The lowest BCUT2D eigenvalue weighted by Gasteiger charge is -2.10. The van der Waals surface area contributed by atoms with Gasteiger partial charge in [0.2, 0.25) is 11.8 Å². The number of aromatic nitrogens is 1. The molecule has 0 saturated carbocycles. The predicted octanol–water partition coefficient (Wildman–Crippen LogP) is 2.72. The molecule has 0 radical (unpaired) electrons. The standard InChI is InChI=1S/C16H21N3O2S.ClH/c1-12(17-2)8-18-15(20)11-22-10-14-9-21-16(19-14)13-6-4-3-5-7-13;/h3-7,9,12,17H,8,10-11H2,1-2H3,(H,18,20);1H. The molecule has 7 heteroatoms. The number of hydrogen-bond donors (Lipinski definition) is 2. The van der Waals surface area contributed by atoms with Gasteiger partial charge in [-0.2, -0.15) is 0 Å². The highest BCUT2D eigenvalue weighted by molar-refractivity contribution is 7.99. The minimum Gasteiger partial charge on any atom is -0.444 e. The van der Waals surface area contributed by atoms with E-state index in [1.165, 1.54) is 11.8 Å². The van der Waals surface area contributed by atoms with Crippen molar-refractivity contribution in [3.63, 3.8) is 0 Å². The number of benzene rings is 1. The van der Waals surface area contributed by atoms with Crippen molar-refractivity contribution in [1.82, 2.24) is 15.6 Å². The summed E-state index contributed by atoms with van der Waals surface area (Å²) in [6.45, 7) is 2.66. The van der Waals surface area contributed by atoms with Crippen molar-refractivity contribution < 1.29 is 9.21 Å². The van der Waals surface area contributed by atoms with Gasteiger partial charge in [-0.3, -0.25) is 4.79 Å². The fourth-order valence-corrected chi connectivity index (χ4v) is 2.49. The van der Waals surface area contributed by atoms with Crippen molar-refractivity contribution >= 4 is 30.1 Å². The van der Waals surface area contributed by atoms with E-state index in [1.54, 1.807) is 6.26 Å². The smallest absolute Gasteiger partial charge is 0.230 e. The molecule has 126 valence electrons. The van der Waals surface area contributed by atoms with Crippen molar-refractivity contribution in [3.8, 4) is 11.5 Å². The van der Waals surface area contributed by atoms with Gasteiger partial charge in [-0.1, -0.05) is 18.2 Å². The lowest BCUT2D eigenvalue weighted by atomic mass is 10.2. The number of halogens is 1. The predicted molar refractivity (Wildman–Crippen MR) is 96.9 cm³/mol. The Morgan fingerprint density at radius 3 is 2.78 bits per heavy atom. The summed E-state index contributed by atoms with van der Waals surface area (Å²) in [5.74, 6) is 1.73. The van der Waals surface area contributed by atoms with E-state index in [4.69, 9.17) is 4.42 Å². The quantitative estimate of drug-likeness (QED) is 0.762. The first-order valence-electron chi connectivity index (χ1n) is 7.20. The third kappa shape index (κ3) is 6.64. The van der Waals surface area contributed by atoms with Crippen LogP contribution in [0.3, 0.4) is 0 Å². The van der Waals surface area contributed by atoms with Gasteiger partial charge in [0, 0.05) is 23.9 Å². The van der Waals surface area contributed by atoms with Crippen molar-refractivity contribution in [2.24, 2.45) is 0 Å². The van der Waals surface area contributed by atoms with Gasteiger partial charge in [0.1, 0.15) is 6.26 Å². The van der Waals surface area contributed by atoms with Crippen LogP contribution in [0.25, 0.3) is 11.5 Å². The zero-order valence-corrected chi connectivity index (χ0v) is 14.9. The Morgan fingerprint density at radius 1 is 1.35 bits per heavy atom. The van der Waals surface area contributed by atoms with E-state index in [-0.39, 0.29) is 24.4 Å². The van der Waals surface area contributed by atoms with Gasteiger partial charge in [0.15, 0.2) is 0 Å². The molecule has 1 unspecified atom stereocenters. The van der Waals surface area contributed by atoms with Crippen LogP contribution in [0.4, 0.5) is 0 Å². The molecule has 0 aliphatic rings. The molecular weight excluding hydrogens is 334 g/mol. The highest BCUT2D eigenvalue weighted by Gasteiger charge is 2.08. The number of oxazole rings is 1. The summed E-state index contributed by atoms with van der Waals surface area (Å²) in [4.78, 5) is 16.1. The van der Waals surface area contributed by atoms with Crippen LogP contribution < -0.4 is 10.6 Å². The normalized spacial score (nSPS) is 11.6. The van der Waals surface area contributed by atoms with Crippen LogP contribution in [0.5, 0.6) is 0 Å². The van der Waals surface area contributed by atoms with Gasteiger partial charge in [0.05, 0.1) is 11.4 Å². The average molecular weight is 356 g/mol. The van der Waals surface area contributed by atoms with Gasteiger partial charge in [-0.25, -0.2) is 4.98 Å². The second-order valence-corrected chi connectivity index (χ2v) is 5.98. The summed E-state index contributed by atoms with van der Waals surface area (Å²) in [5.41, 5.74) is 1.80. The van der Waals surface area contributed by atoms with Crippen molar-refractivity contribution in [1.29, 1.82) is 0 Å². The molecule has 0 aliphatic heterocycles. The van der Waals surface area contributed by atoms with Gasteiger partial charge in [-0.05, 0) is 26.1 Å². The SMILES string of the molecule is CNC(C)CNC(=O)CSCc1coc(-c2ccccc2)n1.Cl. The van der Waals surface area contributed by atoms with Crippen molar-refractivity contribution in [2.75, 3.05) is 19.3 Å². The summed E-state index contributed by atoms with van der Waals surface area (Å²) >= 11 is 1.53. The summed E-state index contributed by atoms with van der Waals surface area (Å²) < 4.78 is 5.47. The third-order valence-electron chi connectivity index (χ3n) is 3.15. The van der Waals surface area contributed by atoms with E-state index in [1.807, 2.05) is 44.3 Å². The molecule has 1 atom stereocenters. The molecular formula is C16H22ClN3O2S. The summed E-state index contributed by atoms with van der Waals surface area (Å²) in [6, 6.07) is 10.0. The van der Waals surface area contributed by atoms with Crippen LogP contribution >= 0.6 is 24.2 Å². The van der Waals surface area contributed by atoms with Gasteiger partial charge in [0.25, 0.3) is 0 Å². The largest absolute Gasteiger partial charge is 0.444 e. The topological polar surface area (TPSA) is 67.2 Å². The molecule has 2 aromatic rings. The lowest BCUT2D eigenvalue weighted by Crippen LogP contribution is -2.37. The number of carbonyl (C=O) groups excluding carboxylic acids is 1. The monoisotopic (exact) mass is 355 g/mol. The van der Waals surface area contributed by atoms with E-state index in [0.29, 0.717) is 23.9 Å². The molecule has 1 amide bonds. The summed E-state index contributed by atoms with van der Waals surface area (Å²) in [5, 5.41) is 5.96. The first-order valence-corrected chi connectivity index (χ1v) is 8.36. The number of hydrogen-bond acceptors (Lipinski definition) is 5. The Labute approximate surface area is 147 Å². The van der Waals surface area contributed by atoms with E-state index in [0.717, 1.165) is 11.3 Å². The molecule has 0 aliphatic carbocycles. The van der Waals surface area contributed by atoms with Crippen LogP contribution in [-0.2, 0) is 10.5 Å².